The topological polar surface area (TPSA) is 81.8 Å². The first kappa shape index (κ1) is 25.3. The molecule has 1 unspecified atom stereocenters. The standard InChI is InChI=1S/C28H29F3N4O2/c1-34-13-20-15-35(27(36)33-24-10-22(29)9-23(30)11-24)16-21(14-34)28(20,37)19-7-5-17(6-8-19)25-4-2-3-18(12-32)26(25)31/h2-11,20-21,37H,12-16,32H2,1H3,(H,33,36)/t20-,21+,28?. The van der Waals surface area contributed by atoms with Crippen molar-refractivity contribution in [2.45, 2.75) is 12.1 Å². The van der Waals surface area contributed by atoms with Crippen molar-refractivity contribution in [3.05, 3.63) is 89.2 Å². The molecule has 5 rings (SSSR count). The van der Waals surface area contributed by atoms with Gasteiger partial charge in [-0.3, -0.25) is 0 Å². The maximum Gasteiger partial charge on any atom is 0.321 e. The number of nitrogens with zero attached hydrogens (tertiary/aromatic N) is 2. The van der Waals surface area contributed by atoms with E-state index in [0.717, 1.165) is 18.2 Å². The second kappa shape index (κ2) is 9.81. The molecule has 0 aliphatic carbocycles. The van der Waals surface area contributed by atoms with Crippen LogP contribution in [-0.2, 0) is 12.1 Å². The van der Waals surface area contributed by atoms with Gasteiger partial charge in [0.05, 0.1) is 0 Å². The highest BCUT2D eigenvalue weighted by molar-refractivity contribution is 5.89. The zero-order valence-corrected chi connectivity index (χ0v) is 20.4. The molecule has 2 fully saturated rings. The molecule has 37 heavy (non-hydrogen) atoms. The first-order valence-electron chi connectivity index (χ1n) is 12.2. The lowest BCUT2D eigenvalue weighted by Crippen LogP contribution is -2.65. The quantitative estimate of drug-likeness (QED) is 0.493. The van der Waals surface area contributed by atoms with Gasteiger partial charge in [0.2, 0.25) is 0 Å². The average Bonchev–Trinajstić information content (AvgIpc) is 2.84. The molecule has 194 valence electrons. The third kappa shape index (κ3) is 4.70. The maximum absolute atomic E-state index is 14.8. The van der Waals surface area contributed by atoms with Gasteiger partial charge in [-0.2, -0.15) is 0 Å². The predicted octanol–water partition coefficient (Wildman–Crippen LogP) is 4.14. The number of amides is 2. The number of carbonyl (C=O) groups is 1. The summed E-state index contributed by atoms with van der Waals surface area (Å²) in [6, 6.07) is 14.7. The van der Waals surface area contributed by atoms with Gasteiger partial charge in [0.15, 0.2) is 0 Å². The summed E-state index contributed by atoms with van der Waals surface area (Å²) >= 11 is 0. The molecule has 0 spiro atoms. The Bertz CT molecular complexity index is 1280. The Kier molecular flexibility index (Phi) is 6.70. The third-order valence-corrected chi connectivity index (χ3v) is 7.55. The van der Waals surface area contributed by atoms with E-state index in [0.29, 0.717) is 35.3 Å². The van der Waals surface area contributed by atoms with Crippen LogP contribution in [0.5, 0.6) is 0 Å². The summed E-state index contributed by atoms with van der Waals surface area (Å²) in [6.45, 7) is 1.74. The van der Waals surface area contributed by atoms with E-state index >= 15 is 0 Å². The number of nitrogens with one attached hydrogen (secondary N) is 1. The van der Waals surface area contributed by atoms with E-state index in [-0.39, 0.29) is 43.0 Å². The summed E-state index contributed by atoms with van der Waals surface area (Å²) in [5, 5.41) is 14.6. The van der Waals surface area contributed by atoms with Gasteiger partial charge in [-0.15, -0.1) is 0 Å². The molecule has 4 N–H and O–H groups in total. The highest BCUT2D eigenvalue weighted by Crippen LogP contribution is 2.45. The first-order valence-corrected chi connectivity index (χ1v) is 12.2. The highest BCUT2D eigenvalue weighted by Gasteiger charge is 2.53. The Hall–Kier alpha value is -3.40. The number of nitrogens with two attached hydrogens (primary N) is 1. The predicted molar refractivity (Wildman–Crippen MR) is 135 cm³/mol. The maximum atomic E-state index is 14.8. The zero-order chi connectivity index (χ0) is 26.3. The van der Waals surface area contributed by atoms with Gasteiger partial charge in [0.1, 0.15) is 23.1 Å². The van der Waals surface area contributed by atoms with Crippen LogP contribution < -0.4 is 11.1 Å². The number of hydrogen-bond acceptors (Lipinski definition) is 4. The van der Waals surface area contributed by atoms with E-state index in [9.17, 15) is 23.1 Å². The van der Waals surface area contributed by atoms with Crippen molar-refractivity contribution in [1.29, 1.82) is 0 Å². The minimum absolute atomic E-state index is 0.0344. The molecular weight excluding hydrogens is 481 g/mol. The third-order valence-electron chi connectivity index (χ3n) is 7.55. The average molecular weight is 511 g/mol. The number of benzene rings is 3. The van der Waals surface area contributed by atoms with Crippen LogP contribution in [0.1, 0.15) is 11.1 Å². The Labute approximate surface area is 213 Å². The summed E-state index contributed by atoms with van der Waals surface area (Å²) in [6.07, 6.45) is 0. The molecule has 2 heterocycles. The molecule has 3 atom stereocenters. The molecule has 2 bridgehead atoms. The second-order valence-corrected chi connectivity index (χ2v) is 9.99. The van der Waals surface area contributed by atoms with Crippen LogP contribution in [-0.4, -0.2) is 54.2 Å². The van der Waals surface area contributed by atoms with Crippen molar-refractivity contribution in [2.75, 3.05) is 38.5 Å². The van der Waals surface area contributed by atoms with Crippen LogP contribution in [0.3, 0.4) is 0 Å². The molecule has 0 aromatic heterocycles. The fourth-order valence-electron chi connectivity index (χ4n) is 5.78. The summed E-state index contributed by atoms with van der Waals surface area (Å²) in [4.78, 5) is 16.7. The van der Waals surface area contributed by atoms with Crippen molar-refractivity contribution in [3.63, 3.8) is 0 Å². The van der Waals surface area contributed by atoms with Gasteiger partial charge >= 0.3 is 6.03 Å². The number of urea groups is 1. The Morgan fingerprint density at radius 3 is 2.22 bits per heavy atom. The van der Waals surface area contributed by atoms with Gasteiger partial charge in [-0.05, 0) is 30.3 Å². The van der Waals surface area contributed by atoms with E-state index in [2.05, 4.69) is 10.2 Å². The van der Waals surface area contributed by atoms with Gasteiger partial charge in [0, 0.05) is 67.4 Å². The van der Waals surface area contributed by atoms with Crippen LogP contribution in [0.25, 0.3) is 11.1 Å². The number of carbonyl (C=O) groups excluding carboxylic acids is 1. The summed E-state index contributed by atoms with van der Waals surface area (Å²) in [5.74, 6) is -2.52. The molecule has 9 heteroatoms. The van der Waals surface area contributed by atoms with Gasteiger partial charge < -0.3 is 26.0 Å². The Balaban J connectivity index is 1.39. The summed E-state index contributed by atoms with van der Waals surface area (Å²) in [5.41, 5.74) is 6.76. The van der Waals surface area contributed by atoms with Crippen LogP contribution in [0.4, 0.5) is 23.7 Å². The Morgan fingerprint density at radius 1 is 1.00 bits per heavy atom. The van der Waals surface area contributed by atoms with Crippen molar-refractivity contribution in [1.82, 2.24) is 9.80 Å². The number of halogens is 3. The van der Waals surface area contributed by atoms with Crippen LogP contribution in [0.2, 0.25) is 0 Å². The van der Waals surface area contributed by atoms with Crippen molar-refractivity contribution >= 4 is 11.7 Å². The van der Waals surface area contributed by atoms with Gasteiger partial charge in [0.25, 0.3) is 0 Å². The molecule has 3 aromatic rings. The number of hydrogen-bond donors (Lipinski definition) is 3. The highest BCUT2D eigenvalue weighted by atomic mass is 19.1. The van der Waals surface area contributed by atoms with Crippen molar-refractivity contribution in [3.8, 4) is 11.1 Å². The molecule has 0 radical (unpaired) electrons. The van der Waals surface area contributed by atoms with Gasteiger partial charge in [-0.1, -0.05) is 42.5 Å². The molecule has 2 aliphatic rings. The molecule has 6 nitrogen and oxygen atoms in total. The lowest BCUT2D eigenvalue weighted by molar-refractivity contribution is -0.153. The lowest BCUT2D eigenvalue weighted by Gasteiger charge is -2.55. The minimum Gasteiger partial charge on any atom is -0.384 e. The first-order chi connectivity index (χ1) is 17.7. The molecule has 0 saturated carbocycles. The second-order valence-electron chi connectivity index (χ2n) is 9.99. The fourth-order valence-corrected chi connectivity index (χ4v) is 5.78. The van der Waals surface area contributed by atoms with Crippen LogP contribution >= 0.6 is 0 Å². The number of likely N-dealkylation sites (tertiary alicyclic amines) is 2. The monoisotopic (exact) mass is 510 g/mol. The smallest absolute Gasteiger partial charge is 0.321 e. The van der Waals surface area contributed by atoms with Gasteiger partial charge in [-0.25, -0.2) is 18.0 Å². The zero-order valence-electron chi connectivity index (χ0n) is 20.4. The largest absolute Gasteiger partial charge is 0.384 e. The molecule has 2 amide bonds. The number of rotatable bonds is 4. The SMILES string of the molecule is CN1C[C@@H]2CN(C(=O)Nc3cc(F)cc(F)c3)C[C@H](C1)C2(O)c1ccc(-c2cccc(CN)c2F)cc1. The van der Waals surface area contributed by atoms with E-state index in [4.69, 9.17) is 5.73 Å². The minimum atomic E-state index is -1.19. The number of piperidine rings is 2. The van der Waals surface area contributed by atoms with E-state index in [1.165, 1.54) is 0 Å². The van der Waals surface area contributed by atoms with E-state index in [1.54, 1.807) is 35.2 Å². The van der Waals surface area contributed by atoms with Crippen molar-refractivity contribution in [2.24, 2.45) is 17.6 Å². The molecule has 2 aliphatic heterocycles. The summed E-state index contributed by atoms with van der Waals surface area (Å²) < 4.78 is 42.0. The van der Waals surface area contributed by atoms with E-state index < -0.39 is 23.3 Å². The lowest BCUT2D eigenvalue weighted by atomic mass is 9.66. The Morgan fingerprint density at radius 2 is 1.62 bits per heavy atom. The molecule has 2 saturated heterocycles. The molecule has 3 aromatic carbocycles. The number of anilines is 1. The van der Waals surface area contributed by atoms with E-state index in [1.807, 2.05) is 19.2 Å². The summed E-state index contributed by atoms with van der Waals surface area (Å²) in [7, 11) is 1.97. The normalized spacial score (nSPS) is 23.7. The number of aliphatic hydroxyl groups is 1. The number of fused-ring (bicyclic) bond motifs is 2. The molecular formula is C28H29F3N4O2. The van der Waals surface area contributed by atoms with Crippen molar-refractivity contribution < 1.29 is 23.1 Å². The fraction of sp³-hybridized carbons (Fsp3) is 0.321. The van der Waals surface area contributed by atoms with Crippen LogP contribution in [0.15, 0.2) is 60.7 Å². The van der Waals surface area contributed by atoms with Crippen LogP contribution in [0, 0.1) is 29.3 Å².